The molecule has 1 aliphatic heterocycles. The molecule has 3 rings (SSSR count). The SMILES string of the molecule is CN(C(=S)Nc1ccc(Cl)cc1)N1C(=O)c2ccccc2C1=O. The van der Waals surface area contributed by atoms with Gasteiger partial charge >= 0.3 is 0 Å². The van der Waals surface area contributed by atoms with Gasteiger partial charge in [0, 0.05) is 17.8 Å². The van der Waals surface area contributed by atoms with Crippen molar-refractivity contribution in [2.45, 2.75) is 0 Å². The van der Waals surface area contributed by atoms with E-state index in [4.69, 9.17) is 23.8 Å². The van der Waals surface area contributed by atoms with Crippen LogP contribution in [-0.4, -0.2) is 34.0 Å². The van der Waals surface area contributed by atoms with Crippen LogP contribution in [0.15, 0.2) is 48.5 Å². The zero-order valence-electron chi connectivity index (χ0n) is 12.1. The highest BCUT2D eigenvalue weighted by atomic mass is 35.5. The standard InChI is InChI=1S/C16H12ClN3O2S/c1-19(16(23)18-11-8-6-10(17)7-9-11)20-14(21)12-4-2-3-5-13(12)15(20)22/h2-9H,1H3,(H,18,23). The number of hydrazine groups is 1. The predicted molar refractivity (Wildman–Crippen MR) is 92.4 cm³/mol. The first-order valence-corrected chi connectivity index (χ1v) is 7.55. The second-order valence-corrected chi connectivity index (χ2v) is 5.75. The Balaban J connectivity index is 1.79. The first-order valence-electron chi connectivity index (χ1n) is 6.77. The number of hydrogen-bond acceptors (Lipinski definition) is 3. The Bertz CT molecular complexity index is 772. The number of carbonyl (C=O) groups excluding carboxylic acids is 2. The van der Waals surface area contributed by atoms with Crippen LogP contribution in [0.4, 0.5) is 5.69 Å². The molecule has 0 radical (unpaired) electrons. The lowest BCUT2D eigenvalue weighted by atomic mass is 10.1. The third kappa shape index (κ3) is 2.78. The summed E-state index contributed by atoms with van der Waals surface area (Å²) in [5, 5.41) is 6.15. The van der Waals surface area contributed by atoms with E-state index in [2.05, 4.69) is 5.32 Å². The maximum absolute atomic E-state index is 12.4. The number of nitrogens with zero attached hydrogens (tertiary/aromatic N) is 2. The van der Waals surface area contributed by atoms with E-state index >= 15 is 0 Å². The molecule has 0 saturated heterocycles. The van der Waals surface area contributed by atoms with Crippen molar-refractivity contribution in [2.24, 2.45) is 0 Å². The summed E-state index contributed by atoms with van der Waals surface area (Å²) < 4.78 is 0. The zero-order chi connectivity index (χ0) is 16.6. The first-order chi connectivity index (χ1) is 11.0. The van der Waals surface area contributed by atoms with Gasteiger partial charge in [-0.15, -0.1) is 0 Å². The highest BCUT2D eigenvalue weighted by molar-refractivity contribution is 7.80. The molecule has 0 unspecified atom stereocenters. The summed E-state index contributed by atoms with van der Waals surface area (Å²) in [5.74, 6) is -0.790. The van der Waals surface area contributed by atoms with E-state index in [1.807, 2.05) is 0 Å². The van der Waals surface area contributed by atoms with Crippen molar-refractivity contribution < 1.29 is 9.59 Å². The highest BCUT2D eigenvalue weighted by Crippen LogP contribution is 2.24. The third-order valence-electron chi connectivity index (χ3n) is 3.46. The molecule has 1 aliphatic rings. The molecule has 2 amide bonds. The molecule has 2 aromatic carbocycles. The number of anilines is 1. The summed E-state index contributed by atoms with van der Waals surface area (Å²) in [4.78, 5) is 24.8. The van der Waals surface area contributed by atoms with Gasteiger partial charge in [-0.1, -0.05) is 23.7 Å². The topological polar surface area (TPSA) is 52.6 Å². The van der Waals surface area contributed by atoms with Gasteiger partial charge in [0.25, 0.3) is 11.8 Å². The third-order valence-corrected chi connectivity index (χ3v) is 4.08. The Hall–Kier alpha value is -2.44. The average molecular weight is 346 g/mol. The lowest BCUT2D eigenvalue weighted by molar-refractivity contribution is 0.0366. The fraction of sp³-hybridized carbons (Fsp3) is 0.0625. The summed E-state index contributed by atoms with van der Waals surface area (Å²) in [6.45, 7) is 0. The second-order valence-electron chi connectivity index (χ2n) is 4.93. The van der Waals surface area contributed by atoms with E-state index in [1.165, 1.54) is 5.01 Å². The fourth-order valence-corrected chi connectivity index (χ4v) is 2.60. The van der Waals surface area contributed by atoms with Crippen LogP contribution in [0.25, 0.3) is 0 Å². The number of benzene rings is 2. The lowest BCUT2D eigenvalue weighted by Crippen LogP contribution is -2.48. The van der Waals surface area contributed by atoms with Crippen LogP contribution in [0.5, 0.6) is 0 Å². The van der Waals surface area contributed by atoms with E-state index in [0.29, 0.717) is 21.8 Å². The van der Waals surface area contributed by atoms with Gasteiger partial charge in [-0.2, -0.15) is 5.01 Å². The number of nitrogens with one attached hydrogen (secondary N) is 1. The van der Waals surface area contributed by atoms with Crippen LogP contribution in [0.3, 0.4) is 0 Å². The van der Waals surface area contributed by atoms with E-state index in [0.717, 1.165) is 5.01 Å². The van der Waals surface area contributed by atoms with Gasteiger partial charge < -0.3 is 5.32 Å². The molecule has 0 bridgehead atoms. The molecular formula is C16H12ClN3O2S. The van der Waals surface area contributed by atoms with Crippen molar-refractivity contribution in [3.8, 4) is 0 Å². The molecule has 1 heterocycles. The summed E-state index contributed by atoms with van der Waals surface area (Å²) in [7, 11) is 1.56. The van der Waals surface area contributed by atoms with Gasteiger partial charge in [0.05, 0.1) is 11.1 Å². The van der Waals surface area contributed by atoms with Crippen molar-refractivity contribution in [2.75, 3.05) is 12.4 Å². The molecule has 116 valence electrons. The quantitative estimate of drug-likeness (QED) is 0.669. The number of halogens is 1. The molecule has 0 aromatic heterocycles. The van der Waals surface area contributed by atoms with Crippen molar-refractivity contribution in [1.82, 2.24) is 10.0 Å². The molecular weight excluding hydrogens is 334 g/mol. The van der Waals surface area contributed by atoms with Gasteiger partial charge in [0.15, 0.2) is 5.11 Å². The van der Waals surface area contributed by atoms with Gasteiger partial charge in [-0.3, -0.25) is 14.6 Å². The molecule has 0 fully saturated rings. The van der Waals surface area contributed by atoms with Gasteiger partial charge in [-0.25, -0.2) is 0 Å². The number of thiocarbonyl (C=S) groups is 1. The molecule has 5 nitrogen and oxygen atoms in total. The van der Waals surface area contributed by atoms with E-state index in [1.54, 1.807) is 55.6 Å². The summed E-state index contributed by atoms with van der Waals surface area (Å²) >= 11 is 11.1. The molecule has 2 aromatic rings. The molecule has 1 N–H and O–H groups in total. The average Bonchev–Trinajstić information content (AvgIpc) is 2.81. The van der Waals surface area contributed by atoms with Crippen LogP contribution < -0.4 is 5.32 Å². The van der Waals surface area contributed by atoms with E-state index < -0.39 is 11.8 Å². The van der Waals surface area contributed by atoms with Crippen molar-refractivity contribution in [3.63, 3.8) is 0 Å². The summed E-state index contributed by atoms with van der Waals surface area (Å²) in [6.07, 6.45) is 0. The molecule has 7 heteroatoms. The van der Waals surface area contributed by atoms with Crippen LogP contribution in [0.1, 0.15) is 20.7 Å². The zero-order valence-corrected chi connectivity index (χ0v) is 13.7. The largest absolute Gasteiger partial charge is 0.331 e. The molecule has 23 heavy (non-hydrogen) atoms. The number of imide groups is 1. The number of hydrogen-bond donors (Lipinski definition) is 1. The Morgan fingerprint density at radius 1 is 1.04 bits per heavy atom. The predicted octanol–water partition coefficient (Wildman–Crippen LogP) is 3.18. The molecule has 0 aliphatic carbocycles. The van der Waals surface area contributed by atoms with Crippen molar-refractivity contribution >= 4 is 46.4 Å². The lowest BCUT2D eigenvalue weighted by Gasteiger charge is -2.28. The van der Waals surface area contributed by atoms with Crippen LogP contribution in [-0.2, 0) is 0 Å². The van der Waals surface area contributed by atoms with E-state index in [9.17, 15) is 9.59 Å². The normalized spacial score (nSPS) is 13.0. The van der Waals surface area contributed by atoms with Crippen LogP contribution in [0, 0.1) is 0 Å². The van der Waals surface area contributed by atoms with Gasteiger partial charge in [0.2, 0.25) is 0 Å². The minimum atomic E-state index is -0.395. The maximum atomic E-state index is 12.4. The molecule has 0 atom stereocenters. The first kappa shape index (κ1) is 15.5. The highest BCUT2D eigenvalue weighted by Gasteiger charge is 2.38. The maximum Gasteiger partial charge on any atom is 0.280 e. The Morgan fingerprint density at radius 2 is 1.57 bits per heavy atom. The summed E-state index contributed by atoms with van der Waals surface area (Å²) in [5.41, 5.74) is 1.46. The Kier molecular flexibility index (Phi) is 4.02. The molecule has 0 spiro atoms. The van der Waals surface area contributed by atoms with Gasteiger partial charge in [0.1, 0.15) is 0 Å². The Morgan fingerprint density at radius 3 is 2.09 bits per heavy atom. The Labute approximate surface area is 143 Å². The second kappa shape index (κ2) is 5.98. The number of carbonyl (C=O) groups is 2. The summed E-state index contributed by atoms with van der Waals surface area (Å²) in [6, 6.07) is 13.6. The van der Waals surface area contributed by atoms with Crippen molar-refractivity contribution in [3.05, 3.63) is 64.7 Å². The van der Waals surface area contributed by atoms with E-state index in [-0.39, 0.29) is 5.11 Å². The minimum absolute atomic E-state index is 0.224. The van der Waals surface area contributed by atoms with Crippen LogP contribution >= 0.6 is 23.8 Å². The molecule has 0 saturated carbocycles. The van der Waals surface area contributed by atoms with Crippen molar-refractivity contribution in [1.29, 1.82) is 0 Å². The minimum Gasteiger partial charge on any atom is -0.331 e. The fourth-order valence-electron chi connectivity index (χ4n) is 2.28. The monoisotopic (exact) mass is 345 g/mol. The number of fused-ring (bicyclic) bond motifs is 1. The number of rotatable bonds is 2. The smallest absolute Gasteiger partial charge is 0.280 e. The van der Waals surface area contributed by atoms with Crippen LogP contribution in [0.2, 0.25) is 5.02 Å². The van der Waals surface area contributed by atoms with Gasteiger partial charge in [-0.05, 0) is 48.6 Å². The number of amides is 2.